The van der Waals surface area contributed by atoms with Crippen LogP contribution in [-0.2, 0) is 19.1 Å². The summed E-state index contributed by atoms with van der Waals surface area (Å²) in [5.41, 5.74) is -0.371. The maximum absolute atomic E-state index is 13.6. The molecule has 5 fully saturated rings. The molecule has 7 heteroatoms. The van der Waals surface area contributed by atoms with E-state index >= 15 is 0 Å². The van der Waals surface area contributed by atoms with Gasteiger partial charge in [0.1, 0.15) is 6.04 Å². The average Bonchev–Trinajstić information content (AvgIpc) is 3.06. The third-order valence-electron chi connectivity index (χ3n) is 7.39. The van der Waals surface area contributed by atoms with E-state index < -0.39 is 30.1 Å². The number of carbonyl (C=O) groups is 3. The van der Waals surface area contributed by atoms with Crippen molar-refractivity contribution in [2.75, 3.05) is 13.1 Å². The van der Waals surface area contributed by atoms with E-state index in [2.05, 4.69) is 11.9 Å². The number of likely N-dealkylation sites (tertiary alicyclic amines) is 1. The highest BCUT2D eigenvalue weighted by atomic mass is 16.5. The fraction of sp³-hybridized carbons (Fsp3) is 0.773. The molecule has 2 amide bonds. The molecule has 4 bridgehead atoms. The lowest BCUT2D eigenvalue weighted by Crippen LogP contribution is -2.56. The second kappa shape index (κ2) is 7.74. The quantitative estimate of drug-likeness (QED) is 0.515. The van der Waals surface area contributed by atoms with Gasteiger partial charge in [0.15, 0.2) is 6.10 Å². The van der Waals surface area contributed by atoms with Crippen LogP contribution in [0.3, 0.4) is 0 Å². The number of hydrogen-bond acceptors (Lipinski definition) is 5. The third-order valence-corrected chi connectivity index (χ3v) is 7.39. The molecule has 0 spiro atoms. The Morgan fingerprint density at radius 2 is 1.76 bits per heavy atom. The van der Waals surface area contributed by atoms with Crippen molar-refractivity contribution in [2.45, 2.75) is 70.1 Å². The van der Waals surface area contributed by atoms with E-state index in [-0.39, 0.29) is 24.3 Å². The summed E-state index contributed by atoms with van der Waals surface area (Å²) >= 11 is 0. The van der Waals surface area contributed by atoms with Crippen LogP contribution < -0.4 is 5.32 Å². The molecule has 0 aromatic heterocycles. The standard InChI is InChI=1S/C22H32N2O5/c1-3-4-23-19(26)13(2)29-20(27)18-8-17(25)12-24(18)21(28)22-9-14-5-15(10-22)7-16(6-14)11-22/h3,13-18,25H,1,4-12H2,2H3,(H,23,26)/t13?,14?,15?,16?,17?,18-,22?/m0/s1. The highest BCUT2D eigenvalue weighted by Gasteiger charge is 2.57. The van der Waals surface area contributed by atoms with Crippen molar-refractivity contribution >= 4 is 17.8 Å². The first kappa shape index (κ1) is 20.4. The Kier molecular flexibility index (Phi) is 5.44. The molecule has 3 atom stereocenters. The van der Waals surface area contributed by atoms with Gasteiger partial charge in [-0.15, -0.1) is 6.58 Å². The Hall–Kier alpha value is -1.89. The predicted octanol–water partition coefficient (Wildman–Crippen LogP) is 1.40. The fourth-order valence-electron chi connectivity index (χ4n) is 6.56. The first-order valence-corrected chi connectivity index (χ1v) is 10.9. The largest absolute Gasteiger partial charge is 0.451 e. The van der Waals surface area contributed by atoms with E-state index in [4.69, 9.17) is 4.74 Å². The van der Waals surface area contributed by atoms with Gasteiger partial charge in [0.25, 0.3) is 5.91 Å². The number of nitrogens with zero attached hydrogens (tertiary/aromatic N) is 1. The summed E-state index contributed by atoms with van der Waals surface area (Å²) in [6, 6.07) is -0.819. The molecule has 4 saturated carbocycles. The first-order chi connectivity index (χ1) is 13.8. The molecular formula is C22H32N2O5. The molecule has 4 aliphatic carbocycles. The van der Waals surface area contributed by atoms with E-state index in [1.807, 2.05) is 0 Å². The number of amides is 2. The highest BCUT2D eigenvalue weighted by Crippen LogP contribution is 2.60. The van der Waals surface area contributed by atoms with Gasteiger partial charge in [-0.25, -0.2) is 4.79 Å². The van der Waals surface area contributed by atoms with Crippen molar-refractivity contribution in [1.29, 1.82) is 0 Å². The topological polar surface area (TPSA) is 95.9 Å². The van der Waals surface area contributed by atoms with Gasteiger partial charge in [-0.1, -0.05) is 6.08 Å². The number of β-amino-alcohol motifs (C(OH)–C–C–N with tert-alkyl or cyclic N) is 1. The van der Waals surface area contributed by atoms with Gasteiger partial charge in [-0.3, -0.25) is 9.59 Å². The number of hydrogen-bond donors (Lipinski definition) is 2. The molecule has 2 unspecified atom stereocenters. The molecule has 0 radical (unpaired) electrons. The Bertz CT molecular complexity index is 670. The molecule has 5 rings (SSSR count). The number of nitrogens with one attached hydrogen (secondary N) is 1. The van der Waals surface area contributed by atoms with Crippen LogP contribution in [0.5, 0.6) is 0 Å². The lowest BCUT2D eigenvalue weighted by atomic mass is 9.49. The van der Waals surface area contributed by atoms with Gasteiger partial charge < -0.3 is 20.1 Å². The van der Waals surface area contributed by atoms with Crippen molar-refractivity contribution in [1.82, 2.24) is 10.2 Å². The van der Waals surface area contributed by atoms with Gasteiger partial charge in [0, 0.05) is 19.5 Å². The van der Waals surface area contributed by atoms with Crippen molar-refractivity contribution in [3.63, 3.8) is 0 Å². The molecule has 160 valence electrons. The second-order valence-electron chi connectivity index (χ2n) is 9.67. The lowest BCUT2D eigenvalue weighted by molar-refractivity contribution is -0.168. The van der Waals surface area contributed by atoms with Crippen LogP contribution >= 0.6 is 0 Å². The number of aliphatic hydroxyl groups is 1. The van der Waals surface area contributed by atoms with Crippen molar-refractivity contribution in [2.24, 2.45) is 23.2 Å². The molecule has 0 aromatic carbocycles. The Morgan fingerprint density at radius 1 is 1.17 bits per heavy atom. The second-order valence-corrected chi connectivity index (χ2v) is 9.67. The summed E-state index contributed by atoms with van der Waals surface area (Å²) in [7, 11) is 0. The Labute approximate surface area is 171 Å². The van der Waals surface area contributed by atoms with Gasteiger partial charge in [-0.05, 0) is 63.2 Å². The molecule has 1 aliphatic heterocycles. The Morgan fingerprint density at radius 3 is 2.31 bits per heavy atom. The predicted molar refractivity (Wildman–Crippen MR) is 105 cm³/mol. The molecule has 1 saturated heterocycles. The molecule has 1 heterocycles. The normalized spacial score (nSPS) is 38.6. The van der Waals surface area contributed by atoms with E-state index in [0.29, 0.717) is 24.3 Å². The van der Waals surface area contributed by atoms with Gasteiger partial charge >= 0.3 is 5.97 Å². The van der Waals surface area contributed by atoms with E-state index in [9.17, 15) is 19.5 Å². The number of carbonyl (C=O) groups excluding carboxylic acids is 3. The van der Waals surface area contributed by atoms with Gasteiger partial charge in [0.05, 0.1) is 11.5 Å². The summed E-state index contributed by atoms with van der Waals surface area (Å²) in [6.07, 6.45) is 6.44. The van der Waals surface area contributed by atoms with Crippen LogP contribution in [0.25, 0.3) is 0 Å². The number of aliphatic hydroxyl groups excluding tert-OH is 1. The zero-order valence-corrected chi connectivity index (χ0v) is 17.1. The van der Waals surface area contributed by atoms with Crippen molar-refractivity contribution in [3.05, 3.63) is 12.7 Å². The zero-order valence-electron chi connectivity index (χ0n) is 17.1. The molecule has 0 aromatic rings. The van der Waals surface area contributed by atoms with Crippen LogP contribution in [-0.4, -0.2) is 59.1 Å². The third kappa shape index (κ3) is 3.81. The van der Waals surface area contributed by atoms with Crippen molar-refractivity contribution < 1.29 is 24.2 Å². The number of rotatable bonds is 6. The monoisotopic (exact) mass is 404 g/mol. The van der Waals surface area contributed by atoms with Crippen LogP contribution in [0, 0.1) is 23.2 Å². The van der Waals surface area contributed by atoms with E-state index in [0.717, 1.165) is 19.3 Å². The van der Waals surface area contributed by atoms with Crippen LogP contribution in [0.2, 0.25) is 0 Å². The fourth-order valence-corrected chi connectivity index (χ4v) is 6.56. The molecule has 7 nitrogen and oxygen atoms in total. The minimum Gasteiger partial charge on any atom is -0.451 e. The highest BCUT2D eigenvalue weighted by molar-refractivity contribution is 5.90. The van der Waals surface area contributed by atoms with Crippen LogP contribution in [0.15, 0.2) is 12.7 Å². The summed E-state index contributed by atoms with van der Waals surface area (Å²) in [5.74, 6) is 0.862. The molecule has 29 heavy (non-hydrogen) atoms. The summed E-state index contributed by atoms with van der Waals surface area (Å²) in [4.78, 5) is 40.0. The van der Waals surface area contributed by atoms with Crippen molar-refractivity contribution in [3.8, 4) is 0 Å². The van der Waals surface area contributed by atoms with Gasteiger partial charge in [-0.2, -0.15) is 0 Å². The maximum atomic E-state index is 13.6. The van der Waals surface area contributed by atoms with Crippen LogP contribution in [0.1, 0.15) is 51.9 Å². The SMILES string of the molecule is C=CCNC(=O)C(C)OC(=O)[C@@H]1CC(O)CN1C(=O)C12CC3CC(CC(C3)C1)C2. The van der Waals surface area contributed by atoms with E-state index in [1.165, 1.54) is 26.2 Å². The van der Waals surface area contributed by atoms with Gasteiger partial charge in [0.2, 0.25) is 5.91 Å². The van der Waals surface area contributed by atoms with E-state index in [1.54, 1.807) is 11.0 Å². The zero-order chi connectivity index (χ0) is 20.8. The smallest absolute Gasteiger partial charge is 0.329 e. The number of esters is 1. The molecule has 5 aliphatic rings. The molecule has 2 N–H and O–H groups in total. The maximum Gasteiger partial charge on any atom is 0.329 e. The minimum absolute atomic E-state index is 0.0128. The first-order valence-electron chi connectivity index (χ1n) is 10.9. The summed E-state index contributed by atoms with van der Waals surface area (Å²) in [6.45, 7) is 5.50. The average molecular weight is 405 g/mol. The minimum atomic E-state index is -0.961. The van der Waals surface area contributed by atoms with Crippen LogP contribution in [0.4, 0.5) is 0 Å². The molecular weight excluding hydrogens is 372 g/mol. The summed E-state index contributed by atoms with van der Waals surface area (Å²) in [5, 5.41) is 12.8. The summed E-state index contributed by atoms with van der Waals surface area (Å²) < 4.78 is 5.35. The lowest BCUT2D eigenvalue weighted by Gasteiger charge is -2.56. The number of ether oxygens (including phenoxy) is 1. The Balaban J connectivity index is 1.45.